The fraction of sp³-hybridized carbons (Fsp3) is 0.250. The van der Waals surface area contributed by atoms with E-state index < -0.39 is 0 Å². The molecule has 0 bridgehead atoms. The van der Waals surface area contributed by atoms with Gasteiger partial charge in [-0.1, -0.05) is 12.1 Å². The number of benzene rings is 1. The molecule has 0 atom stereocenters. The van der Waals surface area contributed by atoms with E-state index in [1.807, 2.05) is 49.6 Å². The van der Waals surface area contributed by atoms with Crippen molar-refractivity contribution in [2.24, 2.45) is 0 Å². The van der Waals surface area contributed by atoms with Gasteiger partial charge in [-0.2, -0.15) is 0 Å². The normalized spacial score (nSPS) is 11.2. The topological polar surface area (TPSA) is 44.1 Å². The van der Waals surface area contributed by atoms with Gasteiger partial charge < -0.3 is 4.74 Å². The van der Waals surface area contributed by atoms with Crippen molar-refractivity contribution in [3.05, 3.63) is 58.0 Å². The largest absolute Gasteiger partial charge is 0.491 e. The van der Waals surface area contributed by atoms with Gasteiger partial charge in [-0.15, -0.1) is 11.3 Å². The maximum atomic E-state index is 12.4. The van der Waals surface area contributed by atoms with Crippen molar-refractivity contribution >= 4 is 21.6 Å². The SMILES string of the molecule is CC(C)Oc1cccc(Cn2cnc3sccc3c2=O)c1. The van der Waals surface area contributed by atoms with Crippen molar-refractivity contribution in [3.63, 3.8) is 0 Å². The number of ether oxygens (including phenoxy) is 1. The molecule has 0 aliphatic heterocycles. The van der Waals surface area contributed by atoms with Gasteiger partial charge >= 0.3 is 0 Å². The number of nitrogens with zero attached hydrogens (tertiary/aromatic N) is 2. The van der Waals surface area contributed by atoms with Crippen LogP contribution in [0.1, 0.15) is 19.4 Å². The van der Waals surface area contributed by atoms with Gasteiger partial charge in [-0.05, 0) is 43.0 Å². The lowest BCUT2D eigenvalue weighted by atomic mass is 10.2. The van der Waals surface area contributed by atoms with Crippen molar-refractivity contribution < 1.29 is 4.74 Å². The maximum Gasteiger partial charge on any atom is 0.262 e. The van der Waals surface area contributed by atoms with Gasteiger partial charge in [-0.25, -0.2) is 4.98 Å². The summed E-state index contributed by atoms with van der Waals surface area (Å²) in [5.41, 5.74) is 1.02. The van der Waals surface area contributed by atoms with E-state index in [0.29, 0.717) is 11.9 Å². The molecule has 3 aromatic rings. The van der Waals surface area contributed by atoms with Crippen LogP contribution < -0.4 is 10.3 Å². The Bertz CT molecular complexity index is 820. The Labute approximate surface area is 126 Å². The van der Waals surface area contributed by atoms with Crippen LogP contribution in [0.15, 0.2) is 46.8 Å². The lowest BCUT2D eigenvalue weighted by molar-refractivity contribution is 0.242. The summed E-state index contributed by atoms with van der Waals surface area (Å²) in [5, 5.41) is 2.57. The van der Waals surface area contributed by atoms with Gasteiger partial charge in [0.1, 0.15) is 10.6 Å². The predicted octanol–water partition coefficient (Wildman–Crippen LogP) is 3.29. The first-order valence-corrected chi connectivity index (χ1v) is 7.69. The molecule has 21 heavy (non-hydrogen) atoms. The number of rotatable bonds is 4. The van der Waals surface area contributed by atoms with Gasteiger partial charge in [0.05, 0.1) is 24.4 Å². The average molecular weight is 300 g/mol. The van der Waals surface area contributed by atoms with Crippen molar-refractivity contribution in [1.82, 2.24) is 9.55 Å². The van der Waals surface area contributed by atoms with Crippen molar-refractivity contribution in [3.8, 4) is 5.75 Å². The highest BCUT2D eigenvalue weighted by Gasteiger charge is 2.06. The third-order valence-electron chi connectivity index (χ3n) is 3.07. The monoisotopic (exact) mass is 300 g/mol. The molecule has 0 spiro atoms. The van der Waals surface area contributed by atoms with Gasteiger partial charge in [0.25, 0.3) is 5.56 Å². The lowest BCUT2D eigenvalue weighted by Crippen LogP contribution is -2.20. The summed E-state index contributed by atoms with van der Waals surface area (Å²) in [4.78, 5) is 17.5. The molecule has 3 rings (SSSR count). The number of thiophene rings is 1. The first-order chi connectivity index (χ1) is 10.1. The minimum Gasteiger partial charge on any atom is -0.491 e. The Morgan fingerprint density at radius 2 is 2.19 bits per heavy atom. The van der Waals surface area contributed by atoms with E-state index in [2.05, 4.69) is 4.98 Å². The van der Waals surface area contributed by atoms with Gasteiger partial charge in [0.2, 0.25) is 0 Å². The summed E-state index contributed by atoms with van der Waals surface area (Å²) in [6, 6.07) is 9.63. The van der Waals surface area contributed by atoms with E-state index in [9.17, 15) is 4.79 Å². The molecule has 4 nitrogen and oxygen atoms in total. The van der Waals surface area contributed by atoms with Gasteiger partial charge in [0.15, 0.2) is 0 Å². The highest BCUT2D eigenvalue weighted by molar-refractivity contribution is 7.16. The summed E-state index contributed by atoms with van der Waals surface area (Å²) in [6.45, 7) is 4.48. The zero-order valence-corrected chi connectivity index (χ0v) is 12.8. The minimum atomic E-state index is -0.00330. The molecule has 0 saturated heterocycles. The van der Waals surface area contributed by atoms with Crippen LogP contribution in [0, 0.1) is 0 Å². The average Bonchev–Trinajstić information content (AvgIpc) is 2.91. The molecule has 0 saturated carbocycles. The third kappa shape index (κ3) is 2.97. The zero-order valence-electron chi connectivity index (χ0n) is 11.9. The summed E-state index contributed by atoms with van der Waals surface area (Å²) >= 11 is 1.48. The Kier molecular flexibility index (Phi) is 3.75. The van der Waals surface area contributed by atoms with Crippen molar-refractivity contribution in [2.75, 3.05) is 0 Å². The highest BCUT2D eigenvalue weighted by atomic mass is 32.1. The van der Waals surface area contributed by atoms with Crippen molar-refractivity contribution in [1.29, 1.82) is 0 Å². The van der Waals surface area contributed by atoms with E-state index >= 15 is 0 Å². The van der Waals surface area contributed by atoms with Crippen molar-refractivity contribution in [2.45, 2.75) is 26.5 Å². The van der Waals surface area contributed by atoms with E-state index in [-0.39, 0.29) is 11.7 Å². The molecule has 0 fully saturated rings. The highest BCUT2D eigenvalue weighted by Crippen LogP contribution is 2.17. The second-order valence-electron chi connectivity index (χ2n) is 5.13. The van der Waals surface area contributed by atoms with E-state index in [1.165, 1.54) is 11.3 Å². The molecule has 0 N–H and O–H groups in total. The minimum absolute atomic E-state index is 0.00330. The number of aromatic nitrogens is 2. The lowest BCUT2D eigenvalue weighted by Gasteiger charge is -2.11. The van der Waals surface area contributed by atoms with E-state index in [0.717, 1.165) is 16.1 Å². The quantitative estimate of drug-likeness (QED) is 0.742. The first-order valence-electron chi connectivity index (χ1n) is 6.82. The van der Waals surface area contributed by atoms with Crippen LogP contribution in [0.4, 0.5) is 0 Å². The molecular formula is C16H16N2O2S. The maximum absolute atomic E-state index is 12.4. The van der Waals surface area contributed by atoms with Crippen LogP contribution in [0.25, 0.3) is 10.2 Å². The third-order valence-corrected chi connectivity index (χ3v) is 3.89. The molecule has 5 heteroatoms. The van der Waals surface area contributed by atoms with Crippen LogP contribution in [-0.4, -0.2) is 15.7 Å². The molecule has 0 aliphatic rings. The fourth-order valence-corrected chi connectivity index (χ4v) is 2.92. The standard InChI is InChI=1S/C16H16N2O2S/c1-11(2)20-13-5-3-4-12(8-13)9-18-10-17-15-14(16(18)19)6-7-21-15/h3-8,10-11H,9H2,1-2H3. The van der Waals surface area contributed by atoms with Crippen LogP contribution >= 0.6 is 11.3 Å². The molecule has 0 unspecified atom stereocenters. The van der Waals surface area contributed by atoms with Gasteiger partial charge in [0, 0.05) is 0 Å². The summed E-state index contributed by atoms with van der Waals surface area (Å²) in [7, 11) is 0. The first kappa shape index (κ1) is 13.8. The number of hydrogen-bond acceptors (Lipinski definition) is 4. The fourth-order valence-electron chi connectivity index (χ4n) is 2.19. The molecule has 108 valence electrons. The molecule has 0 aliphatic carbocycles. The van der Waals surface area contributed by atoms with Gasteiger partial charge in [-0.3, -0.25) is 9.36 Å². The summed E-state index contributed by atoms with van der Waals surface area (Å²) in [5.74, 6) is 0.820. The zero-order chi connectivity index (χ0) is 14.8. The number of hydrogen-bond donors (Lipinski definition) is 0. The second kappa shape index (κ2) is 5.69. The Balaban J connectivity index is 1.91. The van der Waals surface area contributed by atoms with Crippen LogP contribution in [0.5, 0.6) is 5.75 Å². The summed E-state index contributed by atoms with van der Waals surface area (Å²) in [6.07, 6.45) is 1.74. The molecule has 1 aromatic carbocycles. The summed E-state index contributed by atoms with van der Waals surface area (Å²) < 4.78 is 7.31. The Hall–Kier alpha value is -2.14. The Morgan fingerprint density at radius 1 is 1.33 bits per heavy atom. The molecule has 0 amide bonds. The number of fused-ring (bicyclic) bond motifs is 1. The molecule has 0 radical (unpaired) electrons. The Morgan fingerprint density at radius 3 is 3.00 bits per heavy atom. The molecule has 2 aromatic heterocycles. The second-order valence-corrected chi connectivity index (χ2v) is 6.03. The molecular weight excluding hydrogens is 284 g/mol. The smallest absolute Gasteiger partial charge is 0.262 e. The van der Waals surface area contributed by atoms with Crippen LogP contribution in [0.2, 0.25) is 0 Å². The van der Waals surface area contributed by atoms with E-state index in [4.69, 9.17) is 4.74 Å². The van der Waals surface area contributed by atoms with Crippen LogP contribution in [0.3, 0.4) is 0 Å². The van der Waals surface area contributed by atoms with Crippen LogP contribution in [-0.2, 0) is 6.54 Å². The molecule has 2 heterocycles. The van der Waals surface area contributed by atoms with E-state index in [1.54, 1.807) is 10.9 Å². The predicted molar refractivity (Wildman–Crippen MR) is 85.2 cm³/mol.